The first-order valence-corrected chi connectivity index (χ1v) is 17.8. The maximum absolute atomic E-state index is 2.92. The zero-order valence-electron chi connectivity index (χ0n) is 19.8. The van der Waals surface area contributed by atoms with Crippen molar-refractivity contribution in [1.82, 2.24) is 0 Å². The fourth-order valence-electron chi connectivity index (χ4n) is 4.95. The summed E-state index contributed by atoms with van der Waals surface area (Å²) >= 11 is 2.92. The van der Waals surface area contributed by atoms with E-state index in [1.54, 1.807) is 0 Å². The van der Waals surface area contributed by atoms with Crippen LogP contribution in [0.5, 0.6) is 0 Å². The summed E-state index contributed by atoms with van der Waals surface area (Å²) in [6.45, 7) is 2.29. The van der Waals surface area contributed by atoms with Crippen LogP contribution in [0.2, 0.25) is 0 Å². The van der Waals surface area contributed by atoms with Crippen LogP contribution >= 0.6 is 26.3 Å². The molecule has 0 heterocycles. The van der Waals surface area contributed by atoms with Crippen LogP contribution in [0.1, 0.15) is 71.1 Å². The first-order chi connectivity index (χ1) is 15.7. The first kappa shape index (κ1) is 25.4. The van der Waals surface area contributed by atoms with Gasteiger partial charge in [0.15, 0.2) is 0 Å². The van der Waals surface area contributed by atoms with Crippen LogP contribution in [0.3, 0.4) is 0 Å². The molecule has 172 valence electrons. The molecule has 0 amide bonds. The van der Waals surface area contributed by atoms with E-state index in [-0.39, 0.29) is 0 Å². The molecule has 0 saturated carbocycles. The summed E-state index contributed by atoms with van der Waals surface area (Å²) in [6.07, 6.45) is 15.0. The molecule has 32 heavy (non-hydrogen) atoms. The fraction of sp³-hybridized carbons (Fsp3) is 0.400. The molecule has 0 radical (unpaired) electrons. The summed E-state index contributed by atoms with van der Waals surface area (Å²) in [5.74, 6) is 0. The van der Waals surface area contributed by atoms with Gasteiger partial charge in [-0.3, -0.25) is 0 Å². The van der Waals surface area contributed by atoms with E-state index >= 15 is 0 Å². The Labute approximate surface area is 209 Å². The quantitative estimate of drug-likeness (QED) is 0.105. The second-order valence-electron chi connectivity index (χ2n) is 9.10. The molecule has 0 aromatic heterocycles. The number of benzene rings is 3. The summed E-state index contributed by atoms with van der Waals surface area (Å²) in [7, 11) is 0. The number of rotatable bonds is 14. The van der Waals surface area contributed by atoms with Crippen molar-refractivity contribution in [2.45, 2.75) is 71.1 Å². The molecule has 0 unspecified atom stereocenters. The van der Waals surface area contributed by atoms with E-state index in [1.807, 2.05) is 0 Å². The van der Waals surface area contributed by atoms with Crippen LogP contribution in [0.25, 0.3) is 0 Å². The van der Waals surface area contributed by atoms with Gasteiger partial charge in [-0.25, -0.2) is 0 Å². The number of hydrogen-bond acceptors (Lipinski definition) is 0. The fourth-order valence-corrected chi connectivity index (χ4v) is 13.7. The van der Waals surface area contributed by atoms with Gasteiger partial charge in [-0.1, -0.05) is 0 Å². The van der Waals surface area contributed by atoms with Gasteiger partial charge in [0, 0.05) is 0 Å². The van der Waals surface area contributed by atoms with Crippen molar-refractivity contribution in [3.05, 3.63) is 91.0 Å². The average molecular weight is 559 g/mol. The average Bonchev–Trinajstić information content (AvgIpc) is 2.87. The Bertz CT molecular complexity index is 792. The second-order valence-corrected chi connectivity index (χ2v) is 19.8. The summed E-state index contributed by atoms with van der Waals surface area (Å²) < 4.78 is -2.56. The third-order valence-electron chi connectivity index (χ3n) is 6.82. The normalized spacial score (nSPS) is 12.9. The van der Waals surface area contributed by atoms with Gasteiger partial charge in [0.2, 0.25) is 0 Å². The molecule has 0 fully saturated rings. The van der Waals surface area contributed by atoms with Gasteiger partial charge in [-0.15, -0.1) is 0 Å². The molecule has 0 bridgehead atoms. The molecule has 0 aliphatic rings. The molecule has 0 aliphatic heterocycles. The Morgan fingerprint density at radius 3 is 1.12 bits per heavy atom. The van der Waals surface area contributed by atoms with Gasteiger partial charge in [-0.05, 0) is 0 Å². The van der Waals surface area contributed by atoms with Crippen LogP contribution in [0, 0.1) is 0 Å². The molecule has 3 rings (SSSR count). The minimum absolute atomic E-state index is 1.24. The topological polar surface area (TPSA) is 0 Å². The van der Waals surface area contributed by atoms with Gasteiger partial charge >= 0.3 is 210 Å². The zero-order valence-corrected chi connectivity index (χ0v) is 22.8. The van der Waals surface area contributed by atoms with Crippen molar-refractivity contribution < 1.29 is 0 Å². The van der Waals surface area contributed by atoms with E-state index in [9.17, 15) is 0 Å². The standard InChI is InChI=1S/C30H40IP/c1-2-3-4-5-6-7-8-9-10-20-27-32(31,28-21-14-11-15-22-28,29-23-16-12-17-24-29)30-25-18-13-19-26-30/h11-19,21-26H,2-10,20,27H2,1H3. The monoisotopic (exact) mass is 558 g/mol. The van der Waals surface area contributed by atoms with Crippen molar-refractivity contribution in [2.24, 2.45) is 0 Å². The molecule has 0 saturated heterocycles. The predicted octanol–water partition coefficient (Wildman–Crippen LogP) is 8.79. The van der Waals surface area contributed by atoms with Gasteiger partial charge in [0.25, 0.3) is 0 Å². The van der Waals surface area contributed by atoms with Gasteiger partial charge in [0.05, 0.1) is 0 Å². The van der Waals surface area contributed by atoms with Gasteiger partial charge in [0.1, 0.15) is 0 Å². The van der Waals surface area contributed by atoms with Crippen LogP contribution in [-0.2, 0) is 0 Å². The Balaban J connectivity index is 1.78. The van der Waals surface area contributed by atoms with E-state index in [1.165, 1.54) is 86.3 Å². The van der Waals surface area contributed by atoms with E-state index < -0.39 is 4.25 Å². The van der Waals surface area contributed by atoms with Crippen molar-refractivity contribution in [3.63, 3.8) is 0 Å². The molecular weight excluding hydrogens is 518 g/mol. The first-order valence-electron chi connectivity index (χ1n) is 12.6. The Morgan fingerprint density at radius 1 is 0.469 bits per heavy atom. The molecule has 0 atom stereocenters. The Hall–Kier alpha value is -1.18. The Kier molecular flexibility index (Phi) is 10.3. The number of halogens is 1. The number of unbranched alkanes of at least 4 members (excludes halogenated alkanes) is 9. The van der Waals surface area contributed by atoms with Crippen LogP contribution in [-0.4, -0.2) is 6.16 Å². The van der Waals surface area contributed by atoms with Gasteiger partial charge in [-0.2, -0.15) is 0 Å². The van der Waals surface area contributed by atoms with E-state index in [0.29, 0.717) is 0 Å². The van der Waals surface area contributed by atoms with E-state index in [0.717, 1.165) is 0 Å². The third-order valence-corrected chi connectivity index (χ3v) is 18.6. The van der Waals surface area contributed by atoms with Crippen molar-refractivity contribution in [1.29, 1.82) is 0 Å². The molecule has 0 N–H and O–H groups in total. The maximum atomic E-state index is 2.92. The van der Waals surface area contributed by atoms with Crippen LogP contribution in [0.15, 0.2) is 91.0 Å². The summed E-state index contributed by atoms with van der Waals surface area (Å²) in [5, 5.41) is 4.52. The molecule has 0 spiro atoms. The molecule has 0 aliphatic carbocycles. The summed E-state index contributed by atoms with van der Waals surface area (Å²) in [6, 6.07) is 34.0. The third kappa shape index (κ3) is 6.03. The van der Waals surface area contributed by atoms with Crippen molar-refractivity contribution in [2.75, 3.05) is 6.16 Å². The van der Waals surface area contributed by atoms with Gasteiger partial charge < -0.3 is 0 Å². The SMILES string of the molecule is CCCCCCCCCCCCP(I)(c1ccccc1)(c1ccccc1)c1ccccc1. The van der Waals surface area contributed by atoms with Crippen LogP contribution < -0.4 is 15.9 Å². The molecule has 3 aromatic carbocycles. The minimum atomic E-state index is -2.56. The molecule has 0 nitrogen and oxygen atoms in total. The molecule has 3 aromatic rings. The molecule has 2 heteroatoms. The predicted molar refractivity (Wildman–Crippen MR) is 156 cm³/mol. The summed E-state index contributed by atoms with van der Waals surface area (Å²) in [4.78, 5) is 0. The Morgan fingerprint density at radius 2 is 0.781 bits per heavy atom. The van der Waals surface area contributed by atoms with Crippen molar-refractivity contribution in [3.8, 4) is 0 Å². The second kappa shape index (κ2) is 12.9. The zero-order chi connectivity index (χ0) is 22.6. The van der Waals surface area contributed by atoms with Crippen LogP contribution in [0.4, 0.5) is 0 Å². The van der Waals surface area contributed by atoms with E-state index in [2.05, 4.69) is 120 Å². The summed E-state index contributed by atoms with van der Waals surface area (Å²) in [5.41, 5.74) is 0. The van der Waals surface area contributed by atoms with E-state index in [4.69, 9.17) is 0 Å². The van der Waals surface area contributed by atoms with Crippen molar-refractivity contribution >= 4 is 42.2 Å². The molecular formula is C30H40IP. The number of hydrogen-bond donors (Lipinski definition) is 0.